The largest absolute Gasteiger partial charge is 0.337 e. The number of rotatable bonds is 7. The molecule has 3 aromatic rings. The Morgan fingerprint density at radius 1 is 0.897 bits per heavy atom. The molecule has 0 aliphatic heterocycles. The van der Waals surface area contributed by atoms with Crippen molar-refractivity contribution < 1.29 is 4.79 Å². The van der Waals surface area contributed by atoms with Gasteiger partial charge in [0.15, 0.2) is 0 Å². The first kappa shape index (κ1) is 19.0. The number of carbonyl (C=O) groups excluding carboxylic acids is 1. The van der Waals surface area contributed by atoms with Crippen LogP contribution in [-0.2, 0) is 16.8 Å². The Bertz CT molecular complexity index is 954. The summed E-state index contributed by atoms with van der Waals surface area (Å²) < 4.78 is 0. The molecule has 0 aromatic heterocycles. The summed E-state index contributed by atoms with van der Waals surface area (Å²) in [4.78, 5) is 15.5. The number of amides is 1. The third kappa shape index (κ3) is 3.79. The lowest BCUT2D eigenvalue weighted by Gasteiger charge is -2.25. The number of nitrogens with zero attached hydrogens (tertiary/aromatic N) is 2. The van der Waals surface area contributed by atoms with Crippen LogP contribution in [0.15, 0.2) is 91.0 Å². The van der Waals surface area contributed by atoms with Gasteiger partial charge >= 0.3 is 0 Å². The zero-order valence-electron chi connectivity index (χ0n) is 16.4. The molecule has 144 valence electrons. The van der Waals surface area contributed by atoms with Crippen molar-refractivity contribution in [3.05, 3.63) is 108 Å². The van der Waals surface area contributed by atoms with Crippen LogP contribution >= 0.6 is 0 Å². The van der Waals surface area contributed by atoms with Crippen molar-refractivity contribution in [2.45, 2.75) is 24.8 Å². The average Bonchev–Trinajstić information content (AvgIpc) is 3.55. The maximum Gasteiger partial charge on any atom is 0.227 e. The van der Waals surface area contributed by atoms with Crippen LogP contribution in [0, 0.1) is 17.2 Å². The summed E-state index contributed by atoms with van der Waals surface area (Å²) in [6, 6.07) is 32.9. The van der Waals surface area contributed by atoms with Gasteiger partial charge in [0.1, 0.15) is 0 Å². The second kappa shape index (κ2) is 8.32. The summed E-state index contributed by atoms with van der Waals surface area (Å²) in [5.74, 6) is 0.0338. The van der Waals surface area contributed by atoms with E-state index >= 15 is 0 Å². The number of hydrogen-bond acceptors (Lipinski definition) is 2. The molecule has 0 N–H and O–H groups in total. The third-order valence-corrected chi connectivity index (χ3v) is 5.86. The monoisotopic (exact) mass is 380 g/mol. The van der Waals surface area contributed by atoms with E-state index in [1.165, 1.54) is 11.1 Å². The van der Waals surface area contributed by atoms with Gasteiger partial charge in [-0.3, -0.25) is 4.79 Å². The molecule has 0 heterocycles. The zero-order chi connectivity index (χ0) is 20.1. The molecule has 1 atom stereocenters. The highest BCUT2D eigenvalue weighted by molar-refractivity contribution is 5.86. The molecule has 1 unspecified atom stereocenters. The fourth-order valence-electron chi connectivity index (χ4n) is 4.31. The van der Waals surface area contributed by atoms with Crippen LogP contribution < -0.4 is 0 Å². The van der Waals surface area contributed by atoms with Crippen molar-refractivity contribution in [1.29, 1.82) is 5.26 Å². The molecule has 1 saturated carbocycles. The van der Waals surface area contributed by atoms with Crippen LogP contribution in [0.2, 0.25) is 0 Å². The van der Waals surface area contributed by atoms with Crippen LogP contribution in [0.3, 0.4) is 0 Å². The van der Waals surface area contributed by atoms with Gasteiger partial charge in [-0.1, -0.05) is 91.0 Å². The molecule has 0 saturated heterocycles. The zero-order valence-corrected chi connectivity index (χ0v) is 16.4. The van der Waals surface area contributed by atoms with Gasteiger partial charge in [-0.25, -0.2) is 0 Å². The highest BCUT2D eigenvalue weighted by Gasteiger charge is 2.60. The second-order valence-electron chi connectivity index (χ2n) is 7.61. The van der Waals surface area contributed by atoms with E-state index in [-0.39, 0.29) is 17.2 Å². The molecule has 29 heavy (non-hydrogen) atoms. The first-order chi connectivity index (χ1) is 14.3. The van der Waals surface area contributed by atoms with Gasteiger partial charge in [0, 0.05) is 18.5 Å². The fourth-order valence-corrected chi connectivity index (χ4v) is 4.31. The molecule has 1 aliphatic carbocycles. The number of carbonyl (C=O) groups is 1. The summed E-state index contributed by atoms with van der Waals surface area (Å²) >= 11 is 0. The lowest BCUT2D eigenvalue weighted by molar-refractivity contribution is -0.133. The predicted octanol–water partition coefficient (Wildman–Crippen LogP) is 4.94. The Morgan fingerprint density at radius 2 is 1.41 bits per heavy atom. The highest BCUT2D eigenvalue weighted by atomic mass is 16.2. The molecule has 4 rings (SSSR count). The Morgan fingerprint density at radius 3 is 1.93 bits per heavy atom. The van der Waals surface area contributed by atoms with Crippen molar-refractivity contribution in [3.63, 3.8) is 0 Å². The van der Waals surface area contributed by atoms with Crippen molar-refractivity contribution in [3.8, 4) is 6.07 Å². The van der Waals surface area contributed by atoms with Gasteiger partial charge in [0.2, 0.25) is 5.91 Å². The number of benzene rings is 3. The Kier molecular flexibility index (Phi) is 5.44. The summed E-state index contributed by atoms with van der Waals surface area (Å²) in [5.41, 5.74) is 3.18. The van der Waals surface area contributed by atoms with Crippen molar-refractivity contribution in [1.82, 2.24) is 4.90 Å². The number of hydrogen-bond donors (Lipinski definition) is 0. The molecule has 0 bridgehead atoms. The van der Waals surface area contributed by atoms with Crippen molar-refractivity contribution in [2.24, 2.45) is 5.92 Å². The van der Waals surface area contributed by atoms with Gasteiger partial charge in [-0.2, -0.15) is 5.26 Å². The maximum atomic E-state index is 13.6. The Labute approximate surface area is 172 Å². The minimum absolute atomic E-state index is 0.102. The van der Waals surface area contributed by atoms with Crippen LogP contribution in [-0.4, -0.2) is 17.4 Å². The normalized spacial score (nSPS) is 16.6. The standard InChI is InChI=1S/C26H24N2O/c27-17-10-18-28(20-21-11-4-1-5-12-21)25(29)24-19-26(24,22-13-6-2-7-14-22)23-15-8-3-9-16-23/h1-9,11-16,24H,10,18-20H2. The predicted molar refractivity (Wildman–Crippen MR) is 114 cm³/mol. The van der Waals surface area contributed by atoms with Gasteiger partial charge in [0.05, 0.1) is 18.4 Å². The van der Waals surface area contributed by atoms with Crippen molar-refractivity contribution in [2.75, 3.05) is 6.54 Å². The van der Waals surface area contributed by atoms with E-state index in [0.29, 0.717) is 19.5 Å². The smallest absolute Gasteiger partial charge is 0.227 e. The van der Waals surface area contributed by atoms with E-state index in [0.717, 1.165) is 12.0 Å². The van der Waals surface area contributed by atoms with Crippen LogP contribution in [0.5, 0.6) is 0 Å². The highest BCUT2D eigenvalue weighted by Crippen LogP contribution is 2.59. The Hall–Kier alpha value is -3.38. The molecule has 0 spiro atoms. The van der Waals surface area contributed by atoms with E-state index in [4.69, 9.17) is 5.26 Å². The third-order valence-electron chi connectivity index (χ3n) is 5.86. The summed E-state index contributed by atoms with van der Waals surface area (Å²) in [7, 11) is 0. The first-order valence-electron chi connectivity index (χ1n) is 10.1. The van der Waals surface area contributed by atoms with Gasteiger partial charge in [-0.05, 0) is 23.1 Å². The maximum absolute atomic E-state index is 13.6. The molecule has 1 amide bonds. The topological polar surface area (TPSA) is 44.1 Å². The molecule has 3 heteroatoms. The minimum atomic E-state index is -0.277. The molecular weight excluding hydrogens is 356 g/mol. The SMILES string of the molecule is N#CCCN(Cc1ccccc1)C(=O)C1CC1(c1ccccc1)c1ccccc1. The van der Waals surface area contributed by atoms with Crippen LogP contribution in [0.25, 0.3) is 0 Å². The van der Waals surface area contributed by atoms with Crippen molar-refractivity contribution >= 4 is 5.91 Å². The first-order valence-corrected chi connectivity index (χ1v) is 10.1. The molecule has 1 aliphatic rings. The molecular formula is C26H24N2O. The van der Waals surface area contributed by atoms with E-state index in [1.54, 1.807) is 0 Å². The molecule has 0 radical (unpaired) electrons. The minimum Gasteiger partial charge on any atom is -0.337 e. The fraction of sp³-hybridized carbons (Fsp3) is 0.231. The Balaban J connectivity index is 1.65. The molecule has 1 fully saturated rings. The quantitative estimate of drug-likeness (QED) is 0.583. The van der Waals surface area contributed by atoms with E-state index < -0.39 is 0 Å². The van der Waals surface area contributed by atoms with Gasteiger partial charge in [-0.15, -0.1) is 0 Å². The summed E-state index contributed by atoms with van der Waals surface area (Å²) in [6.07, 6.45) is 1.15. The lowest BCUT2D eigenvalue weighted by atomic mass is 9.85. The summed E-state index contributed by atoms with van der Waals surface area (Å²) in [6.45, 7) is 0.998. The molecule has 3 aromatic carbocycles. The second-order valence-corrected chi connectivity index (χ2v) is 7.61. The van der Waals surface area contributed by atoms with Crippen LogP contribution in [0.4, 0.5) is 0 Å². The van der Waals surface area contributed by atoms with Gasteiger partial charge < -0.3 is 4.90 Å². The molecule has 3 nitrogen and oxygen atoms in total. The lowest BCUT2D eigenvalue weighted by Crippen LogP contribution is -2.35. The van der Waals surface area contributed by atoms with Gasteiger partial charge in [0.25, 0.3) is 0 Å². The van der Waals surface area contributed by atoms with Crippen LogP contribution in [0.1, 0.15) is 29.5 Å². The average molecular weight is 380 g/mol. The number of nitriles is 1. The van der Waals surface area contributed by atoms with E-state index in [9.17, 15) is 4.79 Å². The van der Waals surface area contributed by atoms with E-state index in [1.807, 2.05) is 71.6 Å². The van der Waals surface area contributed by atoms with E-state index in [2.05, 4.69) is 30.3 Å². The summed E-state index contributed by atoms with van der Waals surface area (Å²) in [5, 5.41) is 9.09.